The first-order chi connectivity index (χ1) is 13.2. The van der Waals surface area contributed by atoms with Gasteiger partial charge in [0.15, 0.2) is 11.9 Å². The third kappa shape index (κ3) is 5.86. The van der Waals surface area contributed by atoms with Gasteiger partial charge >= 0.3 is 5.97 Å². The summed E-state index contributed by atoms with van der Waals surface area (Å²) in [6.45, 7) is 3.23. The number of nitro groups is 1. The normalized spacial score (nSPS) is 11.5. The maximum atomic E-state index is 12.2. The fourth-order valence-electron chi connectivity index (χ4n) is 2.19. The van der Waals surface area contributed by atoms with Gasteiger partial charge in [0.1, 0.15) is 0 Å². The van der Waals surface area contributed by atoms with Crippen molar-refractivity contribution in [3.05, 3.63) is 55.2 Å². The van der Waals surface area contributed by atoms with Gasteiger partial charge < -0.3 is 10.1 Å². The van der Waals surface area contributed by atoms with Gasteiger partial charge in [-0.1, -0.05) is 11.6 Å². The number of aryl methyl sites for hydroxylation is 1. The van der Waals surface area contributed by atoms with Crippen molar-refractivity contribution in [1.29, 1.82) is 0 Å². The van der Waals surface area contributed by atoms with E-state index in [0.717, 1.165) is 10.9 Å². The number of carbonyl (C=O) groups is 3. The van der Waals surface area contributed by atoms with Gasteiger partial charge in [-0.3, -0.25) is 24.5 Å². The summed E-state index contributed by atoms with van der Waals surface area (Å²) in [6, 6.07) is 7.11. The summed E-state index contributed by atoms with van der Waals surface area (Å²) in [6.07, 6.45) is -1.35. The number of anilines is 1. The lowest BCUT2D eigenvalue weighted by Gasteiger charge is -2.14. The lowest BCUT2D eigenvalue weighted by atomic mass is 10.2. The highest BCUT2D eigenvalue weighted by Gasteiger charge is 2.21. The van der Waals surface area contributed by atoms with E-state index in [2.05, 4.69) is 5.32 Å². The molecule has 1 aromatic heterocycles. The molecule has 0 fully saturated rings. The summed E-state index contributed by atoms with van der Waals surface area (Å²) in [5.74, 6) is -1.57. The summed E-state index contributed by atoms with van der Waals surface area (Å²) in [5, 5.41) is 13.3. The highest BCUT2D eigenvalue weighted by Crippen LogP contribution is 2.27. The van der Waals surface area contributed by atoms with Crippen LogP contribution in [0.3, 0.4) is 0 Å². The summed E-state index contributed by atoms with van der Waals surface area (Å²) in [5.41, 5.74) is -0.210. The molecule has 1 N–H and O–H groups in total. The van der Waals surface area contributed by atoms with Crippen LogP contribution in [0.4, 0.5) is 11.4 Å². The Bertz CT molecular complexity index is 927. The average molecular weight is 425 g/mol. The molecule has 0 saturated heterocycles. The van der Waals surface area contributed by atoms with Crippen LogP contribution in [0.5, 0.6) is 0 Å². The number of amides is 1. The van der Waals surface area contributed by atoms with Crippen LogP contribution < -0.4 is 5.32 Å². The zero-order chi connectivity index (χ0) is 20.8. The Labute approximate surface area is 169 Å². The third-order valence-corrected chi connectivity index (χ3v) is 5.04. The van der Waals surface area contributed by atoms with Crippen LogP contribution in [0.1, 0.15) is 34.3 Å². The maximum Gasteiger partial charge on any atom is 0.307 e. The highest BCUT2D eigenvalue weighted by molar-refractivity contribution is 7.14. The van der Waals surface area contributed by atoms with E-state index in [9.17, 15) is 24.5 Å². The van der Waals surface area contributed by atoms with Crippen molar-refractivity contribution < 1.29 is 24.0 Å². The van der Waals surface area contributed by atoms with Gasteiger partial charge in [0, 0.05) is 23.4 Å². The molecule has 1 heterocycles. The highest BCUT2D eigenvalue weighted by atomic mass is 35.5. The largest absolute Gasteiger partial charge is 0.453 e. The molecule has 28 heavy (non-hydrogen) atoms. The van der Waals surface area contributed by atoms with E-state index in [1.54, 1.807) is 6.07 Å². The Morgan fingerprint density at radius 2 is 1.96 bits per heavy atom. The SMILES string of the molecule is Cc1ccc(C(=O)CCC(=O)OC(C)C(=O)Nc2cc([N+](=O)[O-])ccc2Cl)s1. The Morgan fingerprint density at radius 1 is 1.25 bits per heavy atom. The summed E-state index contributed by atoms with van der Waals surface area (Å²) in [7, 11) is 0. The van der Waals surface area contributed by atoms with E-state index in [4.69, 9.17) is 16.3 Å². The van der Waals surface area contributed by atoms with Gasteiger partial charge in [-0.15, -0.1) is 11.3 Å². The van der Waals surface area contributed by atoms with Crippen LogP contribution in [0.25, 0.3) is 0 Å². The lowest BCUT2D eigenvalue weighted by Crippen LogP contribution is -2.30. The molecule has 1 aromatic carbocycles. The Balaban J connectivity index is 1.88. The molecule has 8 nitrogen and oxygen atoms in total. The van der Waals surface area contributed by atoms with Crippen molar-refractivity contribution in [2.75, 3.05) is 5.32 Å². The molecule has 0 bridgehead atoms. The first-order valence-electron chi connectivity index (χ1n) is 8.21. The van der Waals surface area contributed by atoms with Crippen molar-refractivity contribution in [3.63, 3.8) is 0 Å². The summed E-state index contributed by atoms with van der Waals surface area (Å²) < 4.78 is 5.02. The molecule has 0 radical (unpaired) electrons. The van der Waals surface area contributed by atoms with E-state index in [0.29, 0.717) is 4.88 Å². The lowest BCUT2D eigenvalue weighted by molar-refractivity contribution is -0.384. The topological polar surface area (TPSA) is 116 Å². The zero-order valence-electron chi connectivity index (χ0n) is 15.1. The fourth-order valence-corrected chi connectivity index (χ4v) is 3.19. The van der Waals surface area contributed by atoms with Gasteiger partial charge in [0.2, 0.25) is 0 Å². The van der Waals surface area contributed by atoms with E-state index in [-0.39, 0.29) is 35.0 Å². The number of non-ortho nitro benzene ring substituents is 1. The predicted octanol–water partition coefficient (Wildman–Crippen LogP) is 4.15. The number of nitro benzene ring substituents is 1. The minimum absolute atomic E-state index is 0.0240. The standard InChI is InChI=1S/C18H17ClN2O6S/c1-10-3-7-16(28-10)15(22)6-8-17(23)27-11(2)18(24)20-14-9-12(21(25)26)4-5-13(14)19/h3-5,7,9,11H,6,8H2,1-2H3,(H,20,24). The Hall–Kier alpha value is -2.78. The number of ether oxygens (including phenoxy) is 1. The van der Waals surface area contributed by atoms with Gasteiger partial charge in [-0.25, -0.2) is 0 Å². The van der Waals surface area contributed by atoms with Crippen molar-refractivity contribution in [3.8, 4) is 0 Å². The van der Waals surface area contributed by atoms with Gasteiger partial charge in [0.25, 0.3) is 11.6 Å². The van der Waals surface area contributed by atoms with Gasteiger partial charge in [-0.2, -0.15) is 0 Å². The number of nitrogens with zero attached hydrogens (tertiary/aromatic N) is 1. The number of nitrogens with one attached hydrogen (secondary N) is 1. The molecular weight excluding hydrogens is 408 g/mol. The van der Waals surface area contributed by atoms with Gasteiger partial charge in [0.05, 0.1) is 26.9 Å². The van der Waals surface area contributed by atoms with E-state index in [1.807, 2.05) is 13.0 Å². The molecule has 0 aliphatic carbocycles. The summed E-state index contributed by atoms with van der Waals surface area (Å²) >= 11 is 7.26. The van der Waals surface area contributed by atoms with Gasteiger partial charge in [-0.05, 0) is 32.0 Å². The molecule has 0 aliphatic rings. The van der Waals surface area contributed by atoms with Crippen LogP contribution in [-0.2, 0) is 14.3 Å². The molecule has 1 unspecified atom stereocenters. The molecule has 148 valence electrons. The molecular formula is C18H17ClN2O6S. The Morgan fingerprint density at radius 3 is 2.57 bits per heavy atom. The minimum Gasteiger partial charge on any atom is -0.453 e. The van der Waals surface area contributed by atoms with Crippen molar-refractivity contribution in [2.24, 2.45) is 0 Å². The number of esters is 1. The quantitative estimate of drug-likeness (QED) is 0.294. The third-order valence-electron chi connectivity index (χ3n) is 3.67. The molecule has 10 heteroatoms. The van der Waals surface area contributed by atoms with Crippen LogP contribution in [-0.4, -0.2) is 28.7 Å². The number of carbonyl (C=O) groups excluding carboxylic acids is 3. The molecule has 0 aliphatic heterocycles. The van der Waals surface area contributed by atoms with Crippen LogP contribution in [0, 0.1) is 17.0 Å². The number of Topliss-reactive ketones (excluding diaryl/α,β-unsaturated/α-hetero) is 1. The number of hydrogen-bond donors (Lipinski definition) is 1. The first-order valence-corrected chi connectivity index (χ1v) is 9.40. The fraction of sp³-hybridized carbons (Fsp3) is 0.278. The maximum absolute atomic E-state index is 12.2. The van der Waals surface area contributed by atoms with Crippen molar-refractivity contribution >= 4 is 52.0 Å². The van der Waals surface area contributed by atoms with Crippen molar-refractivity contribution in [2.45, 2.75) is 32.8 Å². The number of hydrogen-bond acceptors (Lipinski definition) is 7. The number of rotatable bonds is 8. The van der Waals surface area contributed by atoms with E-state index in [1.165, 1.54) is 30.4 Å². The van der Waals surface area contributed by atoms with Crippen LogP contribution in [0.2, 0.25) is 5.02 Å². The summed E-state index contributed by atoms with van der Waals surface area (Å²) in [4.78, 5) is 47.8. The van der Waals surface area contributed by atoms with Crippen LogP contribution >= 0.6 is 22.9 Å². The van der Waals surface area contributed by atoms with E-state index < -0.39 is 22.9 Å². The number of ketones is 1. The smallest absolute Gasteiger partial charge is 0.307 e. The number of halogens is 1. The van der Waals surface area contributed by atoms with E-state index >= 15 is 0 Å². The molecule has 2 rings (SSSR count). The molecule has 0 spiro atoms. The second-order valence-corrected chi connectivity index (χ2v) is 7.57. The monoisotopic (exact) mass is 424 g/mol. The molecule has 1 amide bonds. The molecule has 2 aromatic rings. The zero-order valence-corrected chi connectivity index (χ0v) is 16.6. The second kappa shape index (κ2) is 9.43. The number of benzene rings is 1. The first kappa shape index (κ1) is 21.5. The molecule has 0 saturated carbocycles. The Kier molecular flexibility index (Phi) is 7.24. The number of thiophene rings is 1. The minimum atomic E-state index is -1.16. The second-order valence-electron chi connectivity index (χ2n) is 5.88. The van der Waals surface area contributed by atoms with Crippen molar-refractivity contribution in [1.82, 2.24) is 0 Å². The molecule has 1 atom stereocenters. The predicted molar refractivity (Wildman–Crippen MR) is 105 cm³/mol. The average Bonchev–Trinajstić information content (AvgIpc) is 3.07. The van der Waals surface area contributed by atoms with Crippen LogP contribution in [0.15, 0.2) is 30.3 Å².